The second-order valence-electron chi connectivity index (χ2n) is 3.08. The van der Waals surface area contributed by atoms with Crippen LogP contribution in [0.5, 0.6) is 0 Å². The standard InChI is InChI=1S/C10H7BrN2O3/c1-6-2-3-7(5-12)9(8(14)4-11)10(6)13(15)16/h2-3H,4H2,1H3. The third-order valence-corrected chi connectivity index (χ3v) is 2.59. The number of rotatable bonds is 3. The van der Waals surface area contributed by atoms with Gasteiger partial charge in [0.2, 0.25) is 0 Å². The van der Waals surface area contributed by atoms with E-state index in [1.807, 2.05) is 0 Å². The van der Waals surface area contributed by atoms with Gasteiger partial charge in [0.1, 0.15) is 11.6 Å². The lowest BCUT2D eigenvalue weighted by molar-refractivity contribution is -0.385. The first-order chi connectivity index (χ1) is 7.52. The normalized spacial score (nSPS) is 9.56. The number of nitro benzene ring substituents is 1. The van der Waals surface area contributed by atoms with Gasteiger partial charge in [-0.05, 0) is 13.0 Å². The minimum Gasteiger partial charge on any atom is -0.293 e. The minimum absolute atomic E-state index is 0.0294. The van der Waals surface area contributed by atoms with Gasteiger partial charge in [-0.2, -0.15) is 5.26 Å². The molecule has 5 nitrogen and oxygen atoms in total. The van der Waals surface area contributed by atoms with Crippen LogP contribution in [0, 0.1) is 28.4 Å². The Morgan fingerprint density at radius 3 is 2.69 bits per heavy atom. The Labute approximate surface area is 100.0 Å². The molecule has 6 heteroatoms. The van der Waals surface area contributed by atoms with Gasteiger partial charge < -0.3 is 0 Å². The highest BCUT2D eigenvalue weighted by atomic mass is 79.9. The number of halogens is 1. The molecule has 0 saturated heterocycles. The molecule has 0 aromatic heterocycles. The number of hydrogen-bond acceptors (Lipinski definition) is 4. The Kier molecular flexibility index (Phi) is 3.74. The molecule has 1 aromatic carbocycles. The maximum atomic E-state index is 11.6. The Hall–Kier alpha value is -1.74. The number of Topliss-reactive ketones (excluding diaryl/α,β-unsaturated/α-hetero) is 1. The fourth-order valence-electron chi connectivity index (χ4n) is 1.37. The summed E-state index contributed by atoms with van der Waals surface area (Å²) in [4.78, 5) is 21.8. The largest absolute Gasteiger partial charge is 0.293 e. The number of alkyl halides is 1. The summed E-state index contributed by atoms with van der Waals surface area (Å²) in [5, 5.41) is 19.6. The van der Waals surface area contributed by atoms with Crippen molar-refractivity contribution in [1.82, 2.24) is 0 Å². The van der Waals surface area contributed by atoms with Crippen molar-refractivity contribution >= 4 is 27.4 Å². The highest BCUT2D eigenvalue weighted by Crippen LogP contribution is 2.27. The van der Waals surface area contributed by atoms with Crippen LogP contribution in [-0.4, -0.2) is 16.0 Å². The molecule has 1 aromatic rings. The summed E-state index contributed by atoms with van der Waals surface area (Å²) in [7, 11) is 0. The lowest BCUT2D eigenvalue weighted by Gasteiger charge is -2.04. The molecule has 0 bridgehead atoms. The predicted molar refractivity (Wildman–Crippen MR) is 60.7 cm³/mol. The van der Waals surface area contributed by atoms with Crippen LogP contribution in [0.15, 0.2) is 12.1 Å². The second kappa shape index (κ2) is 4.86. The highest BCUT2D eigenvalue weighted by molar-refractivity contribution is 9.09. The number of carbonyl (C=O) groups is 1. The summed E-state index contributed by atoms with van der Waals surface area (Å²) >= 11 is 2.94. The fourth-order valence-corrected chi connectivity index (χ4v) is 1.65. The van der Waals surface area contributed by atoms with E-state index >= 15 is 0 Å². The van der Waals surface area contributed by atoms with Gasteiger partial charge in [-0.15, -0.1) is 0 Å². The van der Waals surface area contributed by atoms with E-state index in [1.54, 1.807) is 6.07 Å². The molecule has 0 aliphatic rings. The maximum absolute atomic E-state index is 11.6. The predicted octanol–water partition coefficient (Wildman–Crippen LogP) is 2.35. The molecule has 82 valence electrons. The van der Waals surface area contributed by atoms with Crippen molar-refractivity contribution in [3.63, 3.8) is 0 Å². The van der Waals surface area contributed by atoms with E-state index in [2.05, 4.69) is 15.9 Å². The van der Waals surface area contributed by atoms with Crippen molar-refractivity contribution in [2.24, 2.45) is 0 Å². The van der Waals surface area contributed by atoms with E-state index in [4.69, 9.17) is 5.26 Å². The van der Waals surface area contributed by atoms with Crippen molar-refractivity contribution < 1.29 is 9.72 Å². The summed E-state index contributed by atoms with van der Waals surface area (Å²) in [5.74, 6) is -0.466. The van der Waals surface area contributed by atoms with Crippen molar-refractivity contribution in [2.75, 3.05) is 5.33 Å². The first-order valence-electron chi connectivity index (χ1n) is 4.30. The Morgan fingerprint density at radius 1 is 1.62 bits per heavy atom. The van der Waals surface area contributed by atoms with E-state index in [1.165, 1.54) is 19.1 Å². The van der Waals surface area contributed by atoms with Crippen LogP contribution < -0.4 is 0 Å². The summed E-state index contributed by atoms with van der Waals surface area (Å²) in [5.41, 5.74) is -0.0112. The van der Waals surface area contributed by atoms with Crippen LogP contribution in [0.3, 0.4) is 0 Å². The number of ketones is 1. The molecule has 0 unspecified atom stereocenters. The van der Waals surface area contributed by atoms with Crippen molar-refractivity contribution in [3.8, 4) is 6.07 Å². The van der Waals surface area contributed by atoms with Crippen LogP contribution in [0.2, 0.25) is 0 Å². The first-order valence-corrected chi connectivity index (χ1v) is 5.42. The first kappa shape index (κ1) is 12.3. The van der Waals surface area contributed by atoms with E-state index < -0.39 is 10.7 Å². The number of hydrogen-bond donors (Lipinski definition) is 0. The lowest BCUT2D eigenvalue weighted by atomic mass is 9.99. The number of nitro groups is 1. The van der Waals surface area contributed by atoms with Crippen molar-refractivity contribution in [3.05, 3.63) is 38.9 Å². The van der Waals surface area contributed by atoms with Gasteiger partial charge in [-0.1, -0.05) is 22.0 Å². The van der Waals surface area contributed by atoms with Crippen LogP contribution >= 0.6 is 15.9 Å². The number of nitriles is 1. The SMILES string of the molecule is Cc1ccc(C#N)c(C(=O)CBr)c1[N+](=O)[O-]. The van der Waals surface area contributed by atoms with Crippen LogP contribution in [0.25, 0.3) is 0 Å². The Bertz CT molecular complexity index is 506. The van der Waals surface area contributed by atoms with Gasteiger partial charge in [0.15, 0.2) is 5.78 Å². The fraction of sp³-hybridized carbons (Fsp3) is 0.200. The zero-order valence-electron chi connectivity index (χ0n) is 8.36. The molecule has 0 radical (unpaired) electrons. The molecule has 0 atom stereocenters. The molecule has 0 aliphatic heterocycles. The summed E-state index contributed by atoms with van der Waals surface area (Å²) < 4.78 is 0. The van der Waals surface area contributed by atoms with E-state index in [0.717, 1.165) is 0 Å². The van der Waals surface area contributed by atoms with Crippen molar-refractivity contribution in [1.29, 1.82) is 5.26 Å². The van der Waals surface area contributed by atoms with Gasteiger partial charge in [0, 0.05) is 5.56 Å². The molecule has 0 fully saturated rings. The molecule has 0 N–H and O–H groups in total. The van der Waals surface area contributed by atoms with Crippen molar-refractivity contribution in [2.45, 2.75) is 6.92 Å². The zero-order chi connectivity index (χ0) is 12.3. The third-order valence-electron chi connectivity index (χ3n) is 2.08. The van der Waals surface area contributed by atoms with Crippen LogP contribution in [0.1, 0.15) is 21.5 Å². The molecule has 0 spiro atoms. The van der Waals surface area contributed by atoms with Gasteiger partial charge >= 0.3 is 0 Å². The average molecular weight is 283 g/mol. The van der Waals surface area contributed by atoms with Crippen LogP contribution in [0.4, 0.5) is 5.69 Å². The smallest absolute Gasteiger partial charge is 0.284 e. The highest BCUT2D eigenvalue weighted by Gasteiger charge is 2.25. The topological polar surface area (TPSA) is 84.0 Å². The van der Waals surface area contributed by atoms with Gasteiger partial charge in [-0.3, -0.25) is 14.9 Å². The maximum Gasteiger partial charge on any atom is 0.284 e. The zero-order valence-corrected chi connectivity index (χ0v) is 9.94. The quantitative estimate of drug-likeness (QED) is 0.369. The molecule has 1 rings (SSSR count). The average Bonchev–Trinajstić information content (AvgIpc) is 2.27. The molecular formula is C10H7BrN2O3. The van der Waals surface area contributed by atoms with Gasteiger partial charge in [0.05, 0.1) is 15.8 Å². The number of aryl methyl sites for hydroxylation is 1. The van der Waals surface area contributed by atoms with E-state index in [9.17, 15) is 14.9 Å². The summed E-state index contributed by atoms with van der Waals surface area (Å²) in [6, 6.07) is 4.66. The number of benzene rings is 1. The van der Waals surface area contributed by atoms with E-state index in [0.29, 0.717) is 5.56 Å². The Balaban J connectivity index is 3.63. The molecule has 0 aliphatic carbocycles. The van der Waals surface area contributed by atoms with Crippen LogP contribution in [-0.2, 0) is 0 Å². The van der Waals surface area contributed by atoms with E-state index in [-0.39, 0.29) is 22.1 Å². The molecule has 0 heterocycles. The van der Waals surface area contributed by atoms with Gasteiger partial charge in [-0.25, -0.2) is 0 Å². The summed E-state index contributed by atoms with van der Waals surface area (Å²) in [6.07, 6.45) is 0. The molecular weight excluding hydrogens is 276 g/mol. The molecule has 16 heavy (non-hydrogen) atoms. The third kappa shape index (κ3) is 2.09. The minimum atomic E-state index is -0.633. The monoisotopic (exact) mass is 282 g/mol. The molecule has 0 amide bonds. The second-order valence-corrected chi connectivity index (χ2v) is 3.64. The number of nitrogens with zero attached hydrogens (tertiary/aromatic N) is 2. The number of carbonyl (C=O) groups excluding carboxylic acids is 1. The summed E-state index contributed by atoms with van der Waals surface area (Å²) in [6.45, 7) is 1.53. The van der Waals surface area contributed by atoms with Gasteiger partial charge in [0.25, 0.3) is 5.69 Å². The lowest BCUT2D eigenvalue weighted by Crippen LogP contribution is -2.09. The Morgan fingerprint density at radius 2 is 2.25 bits per heavy atom. The molecule has 0 saturated carbocycles.